The summed E-state index contributed by atoms with van der Waals surface area (Å²) in [6.45, 7) is 7.86. The van der Waals surface area contributed by atoms with Gasteiger partial charge in [0.2, 0.25) is 0 Å². The van der Waals surface area contributed by atoms with E-state index in [1.54, 1.807) is 16.8 Å². The van der Waals surface area contributed by atoms with Crippen molar-refractivity contribution in [3.63, 3.8) is 0 Å². The number of hydrogen-bond acceptors (Lipinski definition) is 5. The molecule has 0 bridgehead atoms. The summed E-state index contributed by atoms with van der Waals surface area (Å²) in [4.78, 5) is 4.60. The van der Waals surface area contributed by atoms with E-state index in [0.29, 0.717) is 18.4 Å². The molecule has 27 heavy (non-hydrogen) atoms. The average Bonchev–Trinajstić information content (AvgIpc) is 3.02. The summed E-state index contributed by atoms with van der Waals surface area (Å²) in [5, 5.41) is 26.9. The fourth-order valence-electron chi connectivity index (χ4n) is 3.63. The molecule has 6 heteroatoms. The van der Waals surface area contributed by atoms with Crippen LogP contribution in [0.1, 0.15) is 37.8 Å². The first-order valence-electron chi connectivity index (χ1n) is 8.89. The molecule has 3 aromatic heterocycles. The molecule has 3 aromatic rings. The van der Waals surface area contributed by atoms with Crippen molar-refractivity contribution >= 4 is 16.8 Å². The van der Waals surface area contributed by atoms with Crippen LogP contribution in [0.5, 0.6) is 0 Å². The Morgan fingerprint density at radius 1 is 1.37 bits per heavy atom. The highest BCUT2D eigenvalue weighted by Gasteiger charge is 2.38. The predicted molar refractivity (Wildman–Crippen MR) is 105 cm³/mol. The molecule has 4 rings (SSSR count). The van der Waals surface area contributed by atoms with Gasteiger partial charge in [-0.1, -0.05) is 6.58 Å². The van der Waals surface area contributed by atoms with Gasteiger partial charge in [-0.05, 0) is 56.5 Å². The lowest BCUT2D eigenvalue weighted by molar-refractivity contribution is -0.0234. The highest BCUT2D eigenvalue weighted by Crippen LogP contribution is 2.36. The smallest absolute Gasteiger partial charge is 0.101 e. The van der Waals surface area contributed by atoms with Crippen LogP contribution < -0.4 is 5.32 Å². The lowest BCUT2D eigenvalue weighted by atomic mass is 9.77. The summed E-state index contributed by atoms with van der Waals surface area (Å²) >= 11 is 0. The molecule has 3 heterocycles. The zero-order valence-electron chi connectivity index (χ0n) is 15.4. The minimum Gasteiger partial charge on any atom is -0.390 e. The second-order valence-electron chi connectivity index (χ2n) is 7.55. The number of hydrogen-bond donors (Lipinski definition) is 2. The normalized spacial score (nSPS) is 21.5. The van der Waals surface area contributed by atoms with Gasteiger partial charge < -0.3 is 10.4 Å². The van der Waals surface area contributed by atoms with Crippen molar-refractivity contribution < 1.29 is 5.11 Å². The maximum absolute atomic E-state index is 10.0. The topological polar surface area (TPSA) is 86.2 Å². The van der Waals surface area contributed by atoms with Crippen LogP contribution in [0.4, 0.5) is 5.69 Å². The van der Waals surface area contributed by atoms with Gasteiger partial charge in [0, 0.05) is 23.5 Å². The van der Waals surface area contributed by atoms with E-state index in [-0.39, 0.29) is 6.04 Å². The molecule has 2 N–H and O–H groups in total. The molecule has 0 saturated heterocycles. The van der Waals surface area contributed by atoms with Crippen LogP contribution in [0.2, 0.25) is 0 Å². The van der Waals surface area contributed by atoms with Crippen LogP contribution in [-0.4, -0.2) is 31.3 Å². The third kappa shape index (κ3) is 3.18. The number of allylic oxidation sites excluding steroid dienone is 1. The lowest BCUT2D eigenvalue weighted by Gasteiger charge is -2.42. The summed E-state index contributed by atoms with van der Waals surface area (Å²) in [7, 11) is 0. The summed E-state index contributed by atoms with van der Waals surface area (Å²) < 4.78 is 1.78. The molecule has 0 aromatic carbocycles. The minimum absolute atomic E-state index is 0.230. The molecular weight excluding hydrogens is 338 g/mol. The first kappa shape index (κ1) is 17.3. The van der Waals surface area contributed by atoms with E-state index in [9.17, 15) is 5.11 Å². The Kier molecular flexibility index (Phi) is 3.97. The predicted octanol–water partition coefficient (Wildman–Crippen LogP) is 3.63. The van der Waals surface area contributed by atoms with E-state index in [2.05, 4.69) is 28.0 Å². The average molecular weight is 359 g/mol. The van der Waals surface area contributed by atoms with Crippen molar-refractivity contribution in [1.82, 2.24) is 14.6 Å². The number of aliphatic hydroxyl groups is 1. The molecule has 136 valence electrons. The monoisotopic (exact) mass is 359 g/mol. The standard InChI is InChI=1S/C21H21N5O/c1-13(2)17-12-23-19(7-18(17)25-15-8-21(3,27)9-15)20-5-4-16-6-14(10-22)11-24-26(16)20/h4-7,11-12,15,27H,1,8-9H2,2-3H3,(H,23,25). The van der Waals surface area contributed by atoms with Crippen molar-refractivity contribution in [1.29, 1.82) is 5.26 Å². The van der Waals surface area contributed by atoms with Crippen molar-refractivity contribution in [2.75, 3.05) is 5.32 Å². The molecule has 0 amide bonds. The summed E-state index contributed by atoms with van der Waals surface area (Å²) in [5.74, 6) is 0. The van der Waals surface area contributed by atoms with Crippen LogP contribution in [0.15, 0.2) is 43.2 Å². The quantitative estimate of drug-likeness (QED) is 0.743. The van der Waals surface area contributed by atoms with Crippen molar-refractivity contribution in [3.8, 4) is 17.5 Å². The minimum atomic E-state index is -0.586. The second kappa shape index (κ2) is 6.22. The van der Waals surface area contributed by atoms with E-state index in [1.807, 2.05) is 38.2 Å². The van der Waals surface area contributed by atoms with Crippen LogP contribution in [-0.2, 0) is 0 Å². The zero-order valence-corrected chi connectivity index (χ0v) is 15.4. The van der Waals surface area contributed by atoms with Crippen LogP contribution >= 0.6 is 0 Å². The number of aromatic nitrogens is 3. The van der Waals surface area contributed by atoms with Crippen LogP contribution in [0.25, 0.3) is 22.5 Å². The molecule has 0 spiro atoms. The molecule has 1 aliphatic rings. The first-order valence-corrected chi connectivity index (χ1v) is 8.89. The Balaban J connectivity index is 1.73. The van der Waals surface area contributed by atoms with Gasteiger partial charge in [-0.25, -0.2) is 4.52 Å². The Hall–Kier alpha value is -3.17. The highest BCUT2D eigenvalue weighted by molar-refractivity contribution is 5.77. The fourth-order valence-corrected chi connectivity index (χ4v) is 3.63. The van der Waals surface area contributed by atoms with Gasteiger partial charge in [0.15, 0.2) is 0 Å². The third-order valence-corrected chi connectivity index (χ3v) is 4.99. The molecule has 0 aliphatic heterocycles. The molecule has 1 fully saturated rings. The fraction of sp³-hybridized carbons (Fsp3) is 0.286. The summed E-state index contributed by atoms with van der Waals surface area (Å²) in [6.07, 6.45) is 4.80. The summed E-state index contributed by atoms with van der Waals surface area (Å²) in [6, 6.07) is 10.0. The lowest BCUT2D eigenvalue weighted by Crippen LogP contribution is -2.48. The van der Waals surface area contributed by atoms with Gasteiger partial charge in [0.1, 0.15) is 6.07 Å². The van der Waals surface area contributed by atoms with E-state index >= 15 is 0 Å². The van der Waals surface area contributed by atoms with Gasteiger partial charge in [0.25, 0.3) is 0 Å². The number of nitriles is 1. The maximum Gasteiger partial charge on any atom is 0.101 e. The molecule has 0 unspecified atom stereocenters. The van der Waals surface area contributed by atoms with Crippen molar-refractivity contribution in [2.24, 2.45) is 0 Å². The van der Waals surface area contributed by atoms with Crippen molar-refractivity contribution in [3.05, 3.63) is 54.4 Å². The van der Waals surface area contributed by atoms with Gasteiger partial charge >= 0.3 is 0 Å². The highest BCUT2D eigenvalue weighted by atomic mass is 16.3. The number of nitrogens with one attached hydrogen (secondary N) is 1. The molecular formula is C21H21N5O. The van der Waals surface area contributed by atoms with Gasteiger partial charge in [-0.2, -0.15) is 10.4 Å². The Morgan fingerprint density at radius 2 is 2.15 bits per heavy atom. The van der Waals surface area contributed by atoms with Gasteiger partial charge in [-0.15, -0.1) is 0 Å². The van der Waals surface area contributed by atoms with Crippen LogP contribution in [0.3, 0.4) is 0 Å². The van der Waals surface area contributed by atoms with E-state index in [4.69, 9.17) is 5.26 Å². The number of anilines is 1. The van der Waals surface area contributed by atoms with Crippen LogP contribution in [0, 0.1) is 11.3 Å². The van der Waals surface area contributed by atoms with E-state index in [1.165, 1.54) is 0 Å². The number of nitrogens with zero attached hydrogens (tertiary/aromatic N) is 4. The molecule has 0 atom stereocenters. The Morgan fingerprint density at radius 3 is 2.81 bits per heavy atom. The Labute approximate surface area is 157 Å². The maximum atomic E-state index is 10.0. The molecule has 1 saturated carbocycles. The second-order valence-corrected chi connectivity index (χ2v) is 7.55. The number of fused-ring (bicyclic) bond motifs is 1. The molecule has 6 nitrogen and oxygen atoms in total. The number of rotatable bonds is 4. The SMILES string of the molecule is C=C(C)c1cnc(-c2ccc3cc(C#N)cnn23)cc1NC1CC(C)(O)C1. The van der Waals surface area contributed by atoms with Crippen molar-refractivity contribution in [2.45, 2.75) is 38.3 Å². The van der Waals surface area contributed by atoms with E-state index < -0.39 is 5.60 Å². The zero-order chi connectivity index (χ0) is 19.2. The number of pyridine rings is 1. The van der Waals surface area contributed by atoms with Gasteiger partial charge in [-0.3, -0.25) is 4.98 Å². The molecule has 0 radical (unpaired) electrons. The first-order chi connectivity index (χ1) is 12.9. The molecule has 1 aliphatic carbocycles. The summed E-state index contributed by atoms with van der Waals surface area (Å²) in [5.41, 5.74) is 5.27. The Bertz CT molecular complexity index is 1080. The largest absolute Gasteiger partial charge is 0.390 e. The van der Waals surface area contributed by atoms with E-state index in [0.717, 1.165) is 33.7 Å². The third-order valence-electron chi connectivity index (χ3n) is 4.99. The van der Waals surface area contributed by atoms with Gasteiger partial charge in [0.05, 0.1) is 34.3 Å².